The highest BCUT2D eigenvalue weighted by molar-refractivity contribution is 7.99. The number of benzene rings is 2. The molecule has 0 fully saturated rings. The number of phenols is 2. The molecule has 3 atom stereocenters. The summed E-state index contributed by atoms with van der Waals surface area (Å²) in [5, 5.41) is 19.9. The number of unbranched alkanes of at least 4 members (excludes halogenated alkanes) is 1. The normalized spacial score (nSPS) is 21.3. The Bertz CT molecular complexity index is 879. The monoisotopic (exact) mass is 442 g/mol. The second kappa shape index (κ2) is 10.4. The molecule has 0 radical (unpaired) electrons. The third-order valence-electron chi connectivity index (χ3n) is 6.64. The van der Waals surface area contributed by atoms with Crippen molar-refractivity contribution in [3.05, 3.63) is 53.6 Å². The van der Waals surface area contributed by atoms with Crippen molar-refractivity contribution in [3.63, 3.8) is 0 Å². The van der Waals surface area contributed by atoms with Crippen LogP contribution in [0.2, 0.25) is 0 Å². The van der Waals surface area contributed by atoms with Gasteiger partial charge in [-0.1, -0.05) is 51.3 Å². The van der Waals surface area contributed by atoms with E-state index in [4.69, 9.17) is 4.74 Å². The largest absolute Gasteiger partial charge is 0.508 e. The van der Waals surface area contributed by atoms with E-state index < -0.39 is 0 Å². The molecule has 1 aliphatic rings. The predicted molar refractivity (Wildman–Crippen MR) is 126 cm³/mol. The Labute approximate surface area is 190 Å². The van der Waals surface area contributed by atoms with Crippen molar-refractivity contribution in [2.24, 2.45) is 5.92 Å². The van der Waals surface area contributed by atoms with Gasteiger partial charge in [-0.25, -0.2) is 0 Å². The molecular weight excluding hydrogens is 408 g/mol. The summed E-state index contributed by atoms with van der Waals surface area (Å²) in [6, 6.07) is 13.4. The lowest BCUT2D eigenvalue weighted by Gasteiger charge is -2.47. The molecule has 1 aliphatic heterocycles. The minimum Gasteiger partial charge on any atom is -0.508 e. The molecule has 2 N–H and O–H groups in total. The molecule has 1 heterocycles. The number of methoxy groups -OCH3 is 1. The summed E-state index contributed by atoms with van der Waals surface area (Å²) in [5.41, 5.74) is 2.44. The molecular formula is C26H34O4S. The van der Waals surface area contributed by atoms with E-state index in [0.29, 0.717) is 24.0 Å². The summed E-state index contributed by atoms with van der Waals surface area (Å²) in [7, 11) is 1.44. The van der Waals surface area contributed by atoms with Crippen LogP contribution >= 0.6 is 11.8 Å². The molecule has 0 saturated heterocycles. The zero-order valence-electron chi connectivity index (χ0n) is 18.8. The van der Waals surface area contributed by atoms with Gasteiger partial charge in [0.15, 0.2) is 0 Å². The van der Waals surface area contributed by atoms with Gasteiger partial charge in [-0.2, -0.15) is 0 Å². The van der Waals surface area contributed by atoms with Crippen LogP contribution in [0.15, 0.2) is 47.4 Å². The van der Waals surface area contributed by atoms with E-state index in [2.05, 4.69) is 32.0 Å². The van der Waals surface area contributed by atoms with Crippen molar-refractivity contribution in [2.75, 3.05) is 12.9 Å². The van der Waals surface area contributed by atoms with Crippen LogP contribution in [-0.4, -0.2) is 29.0 Å². The number of carbonyl (C=O) groups is 1. The van der Waals surface area contributed by atoms with Gasteiger partial charge in [0.25, 0.3) is 0 Å². The van der Waals surface area contributed by atoms with Crippen LogP contribution in [0.5, 0.6) is 11.5 Å². The van der Waals surface area contributed by atoms with Crippen molar-refractivity contribution < 1.29 is 19.7 Å². The first kappa shape index (κ1) is 23.5. The Hall–Kier alpha value is -2.14. The highest BCUT2D eigenvalue weighted by Gasteiger charge is 2.44. The number of ether oxygens (including phenoxy) is 1. The van der Waals surface area contributed by atoms with Crippen molar-refractivity contribution in [1.29, 1.82) is 0 Å². The lowest BCUT2D eigenvalue weighted by molar-refractivity contribution is -0.140. The van der Waals surface area contributed by atoms with Crippen molar-refractivity contribution >= 4 is 17.7 Å². The van der Waals surface area contributed by atoms with Crippen LogP contribution in [0, 0.1) is 5.92 Å². The number of rotatable bonds is 9. The molecule has 0 saturated carbocycles. The highest BCUT2D eigenvalue weighted by Crippen LogP contribution is 2.55. The van der Waals surface area contributed by atoms with E-state index in [1.807, 2.05) is 6.07 Å². The van der Waals surface area contributed by atoms with Gasteiger partial charge in [0.1, 0.15) is 11.5 Å². The van der Waals surface area contributed by atoms with Gasteiger partial charge in [-0.3, -0.25) is 4.79 Å². The molecule has 0 spiro atoms. The van der Waals surface area contributed by atoms with Crippen molar-refractivity contribution in [1.82, 2.24) is 0 Å². The summed E-state index contributed by atoms with van der Waals surface area (Å²) in [4.78, 5) is 12.7. The van der Waals surface area contributed by atoms with Gasteiger partial charge in [0.05, 0.1) is 7.11 Å². The number of thioether (sulfide) groups is 1. The number of carbonyl (C=O) groups excluding carboxylic acids is 1. The molecule has 4 nitrogen and oxygen atoms in total. The second-order valence-electron chi connectivity index (χ2n) is 8.82. The second-order valence-corrected chi connectivity index (χ2v) is 9.84. The molecule has 0 aliphatic carbocycles. The fraction of sp³-hybridized carbons (Fsp3) is 0.500. The lowest BCUT2D eigenvalue weighted by atomic mass is 9.62. The van der Waals surface area contributed by atoms with Crippen LogP contribution in [-0.2, 0) is 14.9 Å². The van der Waals surface area contributed by atoms with Gasteiger partial charge in [0, 0.05) is 22.5 Å². The van der Waals surface area contributed by atoms with Crippen LogP contribution in [0.1, 0.15) is 69.4 Å². The van der Waals surface area contributed by atoms with Gasteiger partial charge in [0.2, 0.25) is 0 Å². The third kappa shape index (κ3) is 5.38. The Morgan fingerprint density at radius 3 is 2.52 bits per heavy atom. The Balaban J connectivity index is 1.96. The van der Waals surface area contributed by atoms with E-state index in [9.17, 15) is 15.0 Å². The molecule has 3 unspecified atom stereocenters. The Morgan fingerprint density at radius 2 is 1.84 bits per heavy atom. The number of fused-ring (bicyclic) bond motifs is 1. The van der Waals surface area contributed by atoms with Gasteiger partial charge < -0.3 is 14.9 Å². The molecule has 2 aromatic rings. The zero-order valence-corrected chi connectivity index (χ0v) is 19.6. The highest BCUT2D eigenvalue weighted by atomic mass is 32.2. The number of phenolic OH excluding ortho intramolecular Hbond substituents is 2. The van der Waals surface area contributed by atoms with Crippen molar-refractivity contribution in [3.8, 4) is 11.5 Å². The quantitative estimate of drug-likeness (QED) is 0.348. The maximum atomic E-state index is 11.5. The van der Waals surface area contributed by atoms with E-state index in [1.165, 1.54) is 18.2 Å². The van der Waals surface area contributed by atoms with E-state index in [-0.39, 0.29) is 17.1 Å². The van der Waals surface area contributed by atoms with Gasteiger partial charge in [-0.05, 0) is 60.1 Å². The molecule has 0 amide bonds. The first-order valence-electron chi connectivity index (χ1n) is 11.2. The molecule has 2 aromatic carbocycles. The van der Waals surface area contributed by atoms with E-state index in [0.717, 1.165) is 42.8 Å². The Kier molecular flexibility index (Phi) is 7.93. The average Bonchev–Trinajstić information content (AvgIpc) is 2.76. The molecule has 3 rings (SSSR count). The zero-order chi connectivity index (χ0) is 22.4. The summed E-state index contributed by atoms with van der Waals surface area (Å²) in [5.74, 6) is 2.13. The fourth-order valence-corrected chi connectivity index (χ4v) is 6.44. The van der Waals surface area contributed by atoms with Crippen LogP contribution in [0.25, 0.3) is 0 Å². The smallest absolute Gasteiger partial charge is 0.305 e. The van der Waals surface area contributed by atoms with Crippen LogP contribution in [0.4, 0.5) is 0 Å². The SMILES string of the molecule is CCCC(CCCCC(=O)OC)C1c2ccc(O)cc2SCC1(C)c1ccc(O)cc1. The number of hydrogen-bond donors (Lipinski definition) is 2. The summed E-state index contributed by atoms with van der Waals surface area (Å²) in [6.07, 6.45) is 5.56. The third-order valence-corrected chi connectivity index (χ3v) is 8.05. The lowest BCUT2D eigenvalue weighted by Crippen LogP contribution is -2.40. The van der Waals surface area contributed by atoms with Gasteiger partial charge >= 0.3 is 5.97 Å². The molecule has 5 heteroatoms. The number of aromatic hydroxyl groups is 2. The molecule has 168 valence electrons. The summed E-state index contributed by atoms with van der Waals surface area (Å²) < 4.78 is 4.79. The van der Waals surface area contributed by atoms with E-state index >= 15 is 0 Å². The first-order valence-corrected chi connectivity index (χ1v) is 12.2. The minimum atomic E-state index is -0.143. The maximum Gasteiger partial charge on any atom is 0.305 e. The standard InChI is InChI=1S/C26H34O4S/c1-4-7-18(8-5-6-9-24(29)30-3)25-22-15-14-21(28)16-23(22)31-17-26(25,2)19-10-12-20(27)13-11-19/h10-16,18,25,27-28H,4-9,17H2,1-3H3. The summed E-state index contributed by atoms with van der Waals surface area (Å²) in [6.45, 7) is 4.57. The van der Waals surface area contributed by atoms with E-state index in [1.54, 1.807) is 30.0 Å². The fourth-order valence-electron chi connectivity index (χ4n) is 5.07. The number of hydrogen-bond acceptors (Lipinski definition) is 5. The predicted octanol–water partition coefficient (Wildman–Crippen LogP) is 6.39. The van der Waals surface area contributed by atoms with Crippen LogP contribution in [0.3, 0.4) is 0 Å². The summed E-state index contributed by atoms with van der Waals surface area (Å²) >= 11 is 1.80. The molecule has 0 aromatic heterocycles. The average molecular weight is 443 g/mol. The maximum absolute atomic E-state index is 11.5. The molecule has 31 heavy (non-hydrogen) atoms. The molecule has 0 bridgehead atoms. The van der Waals surface area contributed by atoms with Crippen molar-refractivity contribution in [2.45, 2.75) is 68.6 Å². The number of esters is 1. The minimum absolute atomic E-state index is 0.0927. The van der Waals surface area contributed by atoms with Crippen LogP contribution < -0.4 is 0 Å². The Morgan fingerprint density at radius 1 is 1.13 bits per heavy atom. The topological polar surface area (TPSA) is 66.8 Å². The van der Waals surface area contributed by atoms with Gasteiger partial charge in [-0.15, -0.1) is 11.8 Å². The first-order chi connectivity index (χ1) is 14.9.